The lowest BCUT2D eigenvalue weighted by Gasteiger charge is -2.23. The maximum atomic E-state index is 4.98. The van der Waals surface area contributed by atoms with Crippen molar-refractivity contribution in [2.45, 2.75) is 72.0 Å². The van der Waals surface area contributed by atoms with Crippen molar-refractivity contribution in [3.05, 3.63) is 70.4 Å². The molecule has 0 saturated heterocycles. The van der Waals surface area contributed by atoms with Gasteiger partial charge in [-0.15, -0.1) is 0 Å². The Balaban J connectivity index is 1.60. The Morgan fingerprint density at radius 3 is 1.30 bits per heavy atom. The summed E-state index contributed by atoms with van der Waals surface area (Å²) in [4.78, 5) is 14.8. The second kappa shape index (κ2) is 6.73. The summed E-state index contributed by atoms with van der Waals surface area (Å²) in [5, 5.41) is 2.10. The van der Waals surface area contributed by atoms with Crippen LogP contribution in [-0.2, 0) is 10.8 Å². The average molecular weight is 431 g/mol. The fraction of sp³-hybridized carbons (Fsp3) is 0.308. The molecule has 2 heterocycles. The Morgan fingerprint density at radius 1 is 0.533 bits per heavy atom. The first-order valence-corrected chi connectivity index (χ1v) is 12.0. The minimum Gasteiger partial charge on any atom is -0.247 e. The number of hydrogen-bond donors (Lipinski definition) is 0. The van der Waals surface area contributed by atoms with Crippen LogP contribution < -0.4 is 10.7 Å². The van der Waals surface area contributed by atoms with Crippen molar-refractivity contribution < 1.29 is 0 Å². The van der Waals surface area contributed by atoms with Gasteiger partial charge in [-0.05, 0) is 58.4 Å². The molecule has 0 fully saturated rings. The number of benzene rings is 3. The van der Waals surface area contributed by atoms with Crippen LogP contribution in [0.5, 0.6) is 0 Å². The standard InChI is InChI=1S/C26H26N2S2/c1-25(2,3)15-7-9-17-21(11-15)29-23-13-20-24(14-19(23)27-17)30-22-12-16(26(4,5)6)8-10-18(22)28-20/h7-14H,1-6H3. The van der Waals surface area contributed by atoms with Crippen LogP contribution in [0.3, 0.4) is 0 Å². The Kier molecular flexibility index (Phi) is 4.46. The van der Waals surface area contributed by atoms with Crippen LogP contribution in [0.15, 0.2) is 78.1 Å². The van der Waals surface area contributed by atoms with Crippen molar-refractivity contribution in [1.82, 2.24) is 0 Å². The minimum atomic E-state index is 0.132. The lowest BCUT2D eigenvalue weighted by atomic mass is 9.87. The predicted molar refractivity (Wildman–Crippen MR) is 127 cm³/mol. The lowest BCUT2D eigenvalue weighted by Crippen LogP contribution is -2.18. The van der Waals surface area contributed by atoms with E-state index >= 15 is 0 Å². The van der Waals surface area contributed by atoms with Gasteiger partial charge in [0.1, 0.15) is 0 Å². The van der Waals surface area contributed by atoms with Crippen molar-refractivity contribution in [2.24, 2.45) is 9.98 Å². The van der Waals surface area contributed by atoms with Crippen LogP contribution in [0.4, 0.5) is 11.4 Å². The summed E-state index contributed by atoms with van der Waals surface area (Å²) in [6.45, 7) is 13.5. The third kappa shape index (κ3) is 3.50. The monoisotopic (exact) mass is 430 g/mol. The average Bonchev–Trinajstić information content (AvgIpc) is 2.66. The predicted octanol–water partition coefficient (Wildman–Crippen LogP) is 7.11. The quantitative estimate of drug-likeness (QED) is 0.261. The van der Waals surface area contributed by atoms with Gasteiger partial charge in [-0.2, -0.15) is 0 Å². The molecule has 2 nitrogen and oxygen atoms in total. The van der Waals surface area contributed by atoms with Gasteiger partial charge in [0.05, 0.1) is 22.1 Å². The topological polar surface area (TPSA) is 24.7 Å². The molecule has 3 aromatic carbocycles. The zero-order chi connectivity index (χ0) is 21.3. The number of hydrogen-bond acceptors (Lipinski definition) is 4. The molecule has 0 saturated carbocycles. The van der Waals surface area contributed by atoms with Crippen LogP contribution in [0.2, 0.25) is 0 Å². The highest BCUT2D eigenvalue weighted by Gasteiger charge is 2.21. The van der Waals surface area contributed by atoms with Gasteiger partial charge >= 0.3 is 0 Å². The number of nitrogens with zero attached hydrogens (tertiary/aromatic N) is 2. The maximum absolute atomic E-state index is 4.98. The Labute approximate surface area is 186 Å². The smallest absolute Gasteiger partial charge is 0.0789 e. The van der Waals surface area contributed by atoms with E-state index in [9.17, 15) is 0 Å². The third-order valence-corrected chi connectivity index (χ3v) is 7.80. The van der Waals surface area contributed by atoms with E-state index in [1.807, 2.05) is 23.5 Å². The van der Waals surface area contributed by atoms with E-state index in [1.165, 1.54) is 30.7 Å². The Hall–Kier alpha value is -2.04. The second-order valence-electron chi connectivity index (χ2n) is 10.1. The minimum absolute atomic E-state index is 0.132. The van der Waals surface area contributed by atoms with Crippen molar-refractivity contribution in [3.8, 4) is 0 Å². The highest BCUT2D eigenvalue weighted by atomic mass is 32.2. The van der Waals surface area contributed by atoms with Gasteiger partial charge in [0.15, 0.2) is 0 Å². The zero-order valence-electron chi connectivity index (χ0n) is 18.3. The summed E-state index contributed by atoms with van der Waals surface area (Å²) in [6.07, 6.45) is 0. The molecule has 0 atom stereocenters. The summed E-state index contributed by atoms with van der Waals surface area (Å²) in [5.41, 5.74) is 5.08. The molecule has 2 aliphatic heterocycles. The number of fused-ring (bicyclic) bond motifs is 4. The summed E-state index contributed by atoms with van der Waals surface area (Å²) < 4.78 is 0. The van der Waals surface area contributed by atoms with Crippen LogP contribution in [0.1, 0.15) is 52.7 Å². The van der Waals surface area contributed by atoms with E-state index in [1.54, 1.807) is 0 Å². The molecule has 0 amide bonds. The van der Waals surface area contributed by atoms with Gasteiger partial charge in [0.25, 0.3) is 0 Å². The highest BCUT2D eigenvalue weighted by molar-refractivity contribution is 8.00. The Bertz CT molecular complexity index is 1210. The van der Waals surface area contributed by atoms with Crippen LogP contribution >= 0.6 is 23.5 Å². The molecule has 4 heteroatoms. The first-order valence-electron chi connectivity index (χ1n) is 10.3. The largest absolute Gasteiger partial charge is 0.247 e. The third-order valence-electron chi connectivity index (χ3n) is 5.61. The first kappa shape index (κ1) is 19.9. The lowest BCUT2D eigenvalue weighted by molar-refractivity contribution is 0.588. The molecule has 0 spiro atoms. The van der Waals surface area contributed by atoms with Crippen molar-refractivity contribution in [1.29, 1.82) is 0 Å². The van der Waals surface area contributed by atoms with Crippen molar-refractivity contribution >= 4 is 34.9 Å². The molecule has 0 N–H and O–H groups in total. The fourth-order valence-electron chi connectivity index (χ4n) is 3.68. The number of rotatable bonds is 0. The molecule has 0 bridgehead atoms. The first-order chi connectivity index (χ1) is 14.1. The van der Waals surface area contributed by atoms with Gasteiger partial charge in [0, 0.05) is 19.6 Å². The normalized spacial score (nSPS) is 14.6. The van der Waals surface area contributed by atoms with Gasteiger partial charge in [-0.25, -0.2) is 9.98 Å². The van der Waals surface area contributed by atoms with Crippen LogP contribution in [0.25, 0.3) is 0 Å². The summed E-state index contributed by atoms with van der Waals surface area (Å²) >= 11 is 3.62. The van der Waals surface area contributed by atoms with E-state index in [-0.39, 0.29) is 10.8 Å². The Morgan fingerprint density at radius 2 is 0.933 bits per heavy atom. The molecule has 5 rings (SSSR count). The second-order valence-corrected chi connectivity index (χ2v) is 12.2. The van der Waals surface area contributed by atoms with E-state index in [0.717, 1.165) is 22.1 Å². The molecule has 0 unspecified atom stereocenters. The molecular weight excluding hydrogens is 404 g/mol. The van der Waals surface area contributed by atoms with Gasteiger partial charge in [-0.1, -0.05) is 77.2 Å². The highest BCUT2D eigenvalue weighted by Crippen LogP contribution is 2.42. The SMILES string of the molecule is CC(C)(C)c1ccc2c(c1)Sc1cc3c(cc1=N2)Sc1cc(C(C)(C)C)ccc1N=3. The van der Waals surface area contributed by atoms with E-state index in [0.29, 0.717) is 0 Å². The van der Waals surface area contributed by atoms with Gasteiger partial charge in [-0.3, -0.25) is 0 Å². The molecular formula is C26H26N2S2. The molecule has 0 aromatic heterocycles. The maximum Gasteiger partial charge on any atom is 0.0789 e. The van der Waals surface area contributed by atoms with Gasteiger partial charge < -0.3 is 0 Å². The molecule has 3 aromatic rings. The fourth-order valence-corrected chi connectivity index (χ4v) is 5.72. The van der Waals surface area contributed by atoms with Crippen molar-refractivity contribution in [3.63, 3.8) is 0 Å². The molecule has 152 valence electrons. The molecule has 2 aliphatic rings. The van der Waals surface area contributed by atoms with E-state index in [4.69, 9.17) is 9.98 Å². The van der Waals surface area contributed by atoms with Crippen LogP contribution in [-0.4, -0.2) is 0 Å². The van der Waals surface area contributed by atoms with Crippen LogP contribution in [0, 0.1) is 0 Å². The zero-order valence-corrected chi connectivity index (χ0v) is 20.0. The molecule has 0 radical (unpaired) electrons. The van der Waals surface area contributed by atoms with E-state index in [2.05, 4.69) is 90.1 Å². The molecule has 0 aliphatic carbocycles. The van der Waals surface area contributed by atoms with Gasteiger partial charge in [0.2, 0.25) is 0 Å². The summed E-state index contributed by atoms with van der Waals surface area (Å²) in [7, 11) is 0. The molecule has 30 heavy (non-hydrogen) atoms. The van der Waals surface area contributed by atoms with Crippen molar-refractivity contribution in [2.75, 3.05) is 0 Å². The summed E-state index contributed by atoms with van der Waals surface area (Å²) in [6, 6.07) is 17.7. The summed E-state index contributed by atoms with van der Waals surface area (Å²) in [5.74, 6) is 0. The van der Waals surface area contributed by atoms with E-state index < -0.39 is 0 Å².